The van der Waals surface area contributed by atoms with Crippen molar-refractivity contribution in [2.24, 2.45) is 10.8 Å². The molecule has 5 saturated carbocycles. The molecule has 37 heavy (non-hydrogen) atoms. The molecule has 0 unspecified atom stereocenters. The standard InChI is InChI=1S/C30H40N2O3.C2H6/c33-27(34)29-14-17-30(18-15-29,19-16-29)31-21-23-5-4-22-20-25(6-7-26(22)32-23)35-24-8-12-28(13-9-24)10-2-1-3-11-28;1-2/h4-7,20,24,31H,1-3,8-19,21H2,(H,33,34);1-2H3. The van der Waals surface area contributed by atoms with Crippen LogP contribution in [0.4, 0.5) is 0 Å². The van der Waals surface area contributed by atoms with Crippen molar-refractivity contribution < 1.29 is 14.6 Å². The molecule has 0 atom stereocenters. The molecule has 5 heteroatoms. The van der Waals surface area contributed by atoms with Crippen LogP contribution in [0.15, 0.2) is 30.3 Å². The molecule has 5 fully saturated rings. The lowest BCUT2D eigenvalue weighted by molar-refractivity contribution is -0.156. The van der Waals surface area contributed by atoms with Crippen LogP contribution in [-0.4, -0.2) is 27.7 Å². The van der Waals surface area contributed by atoms with E-state index in [4.69, 9.17) is 9.72 Å². The fraction of sp³-hybridized carbons (Fsp3) is 0.688. The van der Waals surface area contributed by atoms with Gasteiger partial charge in [-0.3, -0.25) is 9.78 Å². The molecular weight excluding hydrogens is 460 g/mol. The lowest BCUT2D eigenvalue weighted by atomic mass is 9.57. The van der Waals surface area contributed by atoms with Gasteiger partial charge >= 0.3 is 5.97 Å². The van der Waals surface area contributed by atoms with E-state index in [1.165, 1.54) is 57.8 Å². The third kappa shape index (κ3) is 5.53. The fourth-order valence-corrected chi connectivity index (χ4v) is 7.68. The number of carbonyl (C=O) groups is 1. The van der Waals surface area contributed by atoms with Crippen LogP contribution in [0.2, 0.25) is 0 Å². The average molecular weight is 507 g/mol. The largest absolute Gasteiger partial charge is 0.490 e. The van der Waals surface area contributed by atoms with Crippen molar-refractivity contribution >= 4 is 16.9 Å². The second-order valence-corrected chi connectivity index (χ2v) is 12.3. The molecule has 5 aliphatic rings. The molecule has 0 saturated heterocycles. The second kappa shape index (κ2) is 10.9. The van der Waals surface area contributed by atoms with Gasteiger partial charge in [0.05, 0.1) is 22.7 Å². The minimum absolute atomic E-state index is 0.0851. The highest BCUT2D eigenvalue weighted by Crippen LogP contribution is 2.52. The summed E-state index contributed by atoms with van der Waals surface area (Å²) in [5.74, 6) is 0.377. The van der Waals surface area contributed by atoms with Crippen molar-refractivity contribution in [3.05, 3.63) is 36.0 Å². The van der Waals surface area contributed by atoms with Gasteiger partial charge in [0.15, 0.2) is 0 Å². The number of carboxylic acids is 1. The van der Waals surface area contributed by atoms with Crippen molar-refractivity contribution in [3.8, 4) is 5.75 Å². The van der Waals surface area contributed by atoms with Crippen molar-refractivity contribution in [2.45, 2.75) is 128 Å². The number of aromatic nitrogens is 1. The molecule has 7 rings (SSSR count). The summed E-state index contributed by atoms with van der Waals surface area (Å²) in [5.41, 5.74) is 2.31. The van der Waals surface area contributed by atoms with E-state index in [2.05, 4.69) is 35.6 Å². The molecule has 0 amide bonds. The van der Waals surface area contributed by atoms with E-state index in [0.717, 1.165) is 67.4 Å². The zero-order valence-corrected chi connectivity index (χ0v) is 23.0. The molecule has 1 spiro atoms. The first-order valence-electron chi connectivity index (χ1n) is 15.0. The van der Waals surface area contributed by atoms with Gasteiger partial charge in [-0.2, -0.15) is 0 Å². The van der Waals surface area contributed by atoms with E-state index in [-0.39, 0.29) is 5.54 Å². The summed E-state index contributed by atoms with van der Waals surface area (Å²) >= 11 is 0. The van der Waals surface area contributed by atoms with Gasteiger partial charge in [0, 0.05) is 17.5 Å². The molecular formula is C32H46N2O3. The maximum Gasteiger partial charge on any atom is 0.309 e. The van der Waals surface area contributed by atoms with Gasteiger partial charge in [0.2, 0.25) is 0 Å². The van der Waals surface area contributed by atoms with E-state index < -0.39 is 11.4 Å². The SMILES string of the molecule is CC.O=C(O)C12CCC(NCc3ccc4cc(OC5CCC6(CCCCC6)CC5)ccc4n3)(CC1)CC2. The number of nitrogens with one attached hydrogen (secondary N) is 1. The highest BCUT2D eigenvalue weighted by Gasteiger charge is 2.52. The second-order valence-electron chi connectivity index (χ2n) is 12.3. The lowest BCUT2D eigenvalue weighted by Gasteiger charge is -2.51. The van der Waals surface area contributed by atoms with Gasteiger partial charge in [-0.1, -0.05) is 39.2 Å². The number of ether oxygens (including phenoxy) is 1. The Balaban J connectivity index is 0.00000137. The molecule has 1 heterocycles. The molecule has 5 aliphatic carbocycles. The zero-order chi connectivity index (χ0) is 25.9. The van der Waals surface area contributed by atoms with Crippen LogP contribution in [0.25, 0.3) is 10.9 Å². The molecule has 2 bridgehead atoms. The highest BCUT2D eigenvalue weighted by atomic mass is 16.5. The van der Waals surface area contributed by atoms with Gasteiger partial charge in [-0.05, 0) is 107 Å². The summed E-state index contributed by atoms with van der Waals surface area (Å²) in [7, 11) is 0. The summed E-state index contributed by atoms with van der Waals surface area (Å²) in [5, 5.41) is 14.5. The number of carboxylic acid groups (broad SMARTS) is 1. The van der Waals surface area contributed by atoms with Crippen LogP contribution in [0.3, 0.4) is 0 Å². The Bertz CT molecular complexity index is 1060. The smallest absolute Gasteiger partial charge is 0.309 e. The van der Waals surface area contributed by atoms with Crippen LogP contribution < -0.4 is 10.1 Å². The van der Waals surface area contributed by atoms with Crippen molar-refractivity contribution in [1.29, 1.82) is 0 Å². The Morgan fingerprint density at radius 1 is 0.919 bits per heavy atom. The Morgan fingerprint density at radius 3 is 2.24 bits per heavy atom. The van der Waals surface area contributed by atoms with Gasteiger partial charge in [0.1, 0.15) is 5.75 Å². The normalized spacial score (nSPS) is 29.0. The Kier molecular flexibility index (Phi) is 7.81. The fourth-order valence-electron chi connectivity index (χ4n) is 7.68. The van der Waals surface area contributed by atoms with Gasteiger partial charge in [0.25, 0.3) is 0 Å². The maximum absolute atomic E-state index is 11.7. The number of fused-ring (bicyclic) bond motifs is 4. The van der Waals surface area contributed by atoms with E-state index in [9.17, 15) is 9.90 Å². The average Bonchev–Trinajstić information content (AvgIpc) is 2.96. The molecule has 0 aliphatic heterocycles. The maximum atomic E-state index is 11.7. The van der Waals surface area contributed by atoms with Crippen molar-refractivity contribution in [1.82, 2.24) is 10.3 Å². The molecule has 2 N–H and O–H groups in total. The molecule has 0 radical (unpaired) electrons. The number of rotatable bonds is 6. The number of hydrogen-bond acceptors (Lipinski definition) is 4. The predicted molar refractivity (Wildman–Crippen MR) is 149 cm³/mol. The molecule has 2 aromatic rings. The van der Waals surface area contributed by atoms with Crippen LogP contribution in [-0.2, 0) is 11.3 Å². The molecule has 1 aromatic heterocycles. The van der Waals surface area contributed by atoms with E-state index in [1.807, 2.05) is 13.8 Å². The summed E-state index contributed by atoms with van der Waals surface area (Å²) in [6.07, 6.45) is 17.8. The minimum Gasteiger partial charge on any atom is -0.490 e. The number of aliphatic carboxylic acids is 1. The molecule has 5 nitrogen and oxygen atoms in total. The first kappa shape index (κ1) is 26.5. The quantitative estimate of drug-likeness (QED) is 0.418. The van der Waals surface area contributed by atoms with Crippen molar-refractivity contribution in [2.75, 3.05) is 0 Å². The number of benzene rings is 1. The Morgan fingerprint density at radius 2 is 1.59 bits per heavy atom. The molecule has 202 valence electrons. The number of hydrogen-bond donors (Lipinski definition) is 2. The van der Waals surface area contributed by atoms with Gasteiger partial charge in [-0.15, -0.1) is 0 Å². The minimum atomic E-state index is -0.595. The monoisotopic (exact) mass is 506 g/mol. The summed E-state index contributed by atoms with van der Waals surface area (Å²) in [6.45, 7) is 4.73. The number of nitrogens with zero attached hydrogens (tertiary/aromatic N) is 1. The summed E-state index contributed by atoms with van der Waals surface area (Å²) in [6, 6.07) is 10.6. The third-order valence-electron chi connectivity index (χ3n) is 10.3. The van der Waals surface area contributed by atoms with Crippen molar-refractivity contribution in [3.63, 3.8) is 0 Å². The van der Waals surface area contributed by atoms with E-state index in [1.54, 1.807) is 0 Å². The first-order chi connectivity index (χ1) is 18.0. The molecule has 1 aromatic carbocycles. The third-order valence-corrected chi connectivity index (χ3v) is 10.3. The predicted octanol–water partition coefficient (Wildman–Crippen LogP) is 7.80. The summed E-state index contributed by atoms with van der Waals surface area (Å²) < 4.78 is 6.43. The van der Waals surface area contributed by atoms with Crippen LogP contribution in [0.1, 0.15) is 116 Å². The Labute approximate surface area is 222 Å². The first-order valence-corrected chi connectivity index (χ1v) is 15.0. The van der Waals surface area contributed by atoms with E-state index in [0.29, 0.717) is 11.5 Å². The zero-order valence-electron chi connectivity index (χ0n) is 23.0. The van der Waals surface area contributed by atoms with Crippen LogP contribution in [0, 0.1) is 10.8 Å². The van der Waals surface area contributed by atoms with E-state index >= 15 is 0 Å². The Hall–Kier alpha value is -2.14. The van der Waals surface area contributed by atoms with Gasteiger partial charge in [-0.25, -0.2) is 0 Å². The number of pyridine rings is 1. The topological polar surface area (TPSA) is 71.5 Å². The lowest BCUT2D eigenvalue weighted by Crippen LogP contribution is -2.56. The summed E-state index contributed by atoms with van der Waals surface area (Å²) in [4.78, 5) is 16.6. The highest BCUT2D eigenvalue weighted by molar-refractivity contribution is 5.80. The van der Waals surface area contributed by atoms with Crippen LogP contribution in [0.5, 0.6) is 5.75 Å². The van der Waals surface area contributed by atoms with Gasteiger partial charge < -0.3 is 15.2 Å². The van der Waals surface area contributed by atoms with Crippen LogP contribution >= 0.6 is 0 Å².